The van der Waals surface area contributed by atoms with Gasteiger partial charge in [-0.05, 0) is 19.3 Å². The van der Waals surface area contributed by atoms with Crippen LogP contribution in [0.5, 0.6) is 0 Å². The molecule has 4 N–H and O–H groups in total. The lowest BCUT2D eigenvalue weighted by Gasteiger charge is -2.21. The van der Waals surface area contributed by atoms with E-state index in [1.807, 2.05) is 6.08 Å². The molecule has 5 nitrogen and oxygen atoms in total. The Labute approximate surface area is 319 Å². The van der Waals surface area contributed by atoms with Crippen molar-refractivity contribution in [2.75, 3.05) is 6.61 Å². The van der Waals surface area contributed by atoms with Crippen LogP contribution in [0, 0.1) is 0 Å². The lowest BCUT2D eigenvalue weighted by Crippen LogP contribution is -2.48. The molecular weight excluding hydrogens is 631 g/mol. The van der Waals surface area contributed by atoms with Crippen LogP contribution in [-0.2, 0) is 4.79 Å². The van der Waals surface area contributed by atoms with Gasteiger partial charge in [-0.2, -0.15) is 0 Å². The van der Waals surface area contributed by atoms with Crippen LogP contribution >= 0.6 is 0 Å². The van der Waals surface area contributed by atoms with E-state index in [4.69, 9.17) is 0 Å². The summed E-state index contributed by atoms with van der Waals surface area (Å²) in [6.45, 7) is 4.20. The van der Waals surface area contributed by atoms with E-state index < -0.39 is 24.2 Å². The normalized spacial score (nSPS) is 13.6. The molecule has 0 fully saturated rings. The van der Waals surface area contributed by atoms with Crippen LogP contribution in [0.25, 0.3) is 0 Å². The summed E-state index contributed by atoms with van der Waals surface area (Å²) in [5.74, 6) is -0.499. The van der Waals surface area contributed by atoms with Crippen molar-refractivity contribution in [1.29, 1.82) is 0 Å². The second-order valence-corrected chi connectivity index (χ2v) is 16.0. The van der Waals surface area contributed by atoms with E-state index in [2.05, 4.69) is 19.2 Å². The first-order valence-corrected chi connectivity index (χ1v) is 23.0. The Balaban J connectivity index is 3.61. The van der Waals surface area contributed by atoms with E-state index in [-0.39, 0.29) is 6.61 Å². The minimum absolute atomic E-state index is 0.359. The fourth-order valence-electron chi connectivity index (χ4n) is 7.25. The van der Waals surface area contributed by atoms with Crippen LogP contribution in [-0.4, -0.2) is 46.1 Å². The molecule has 3 unspecified atom stereocenters. The number of rotatable bonds is 42. The van der Waals surface area contributed by atoms with E-state index in [9.17, 15) is 20.1 Å². The molecule has 0 aromatic rings. The van der Waals surface area contributed by atoms with Crippen LogP contribution in [0.1, 0.15) is 251 Å². The third kappa shape index (κ3) is 37.2. The molecule has 0 spiro atoms. The Hall–Kier alpha value is -0.910. The monoisotopic (exact) mass is 722 g/mol. The second kappa shape index (κ2) is 41.8. The molecule has 51 heavy (non-hydrogen) atoms. The Morgan fingerprint density at radius 2 is 0.765 bits per heavy atom. The number of aliphatic hydroxyl groups excluding tert-OH is 3. The first kappa shape index (κ1) is 50.1. The number of amides is 1. The summed E-state index contributed by atoms with van der Waals surface area (Å²) >= 11 is 0. The number of hydrogen-bond donors (Lipinski definition) is 4. The predicted molar refractivity (Wildman–Crippen MR) is 222 cm³/mol. The molecule has 5 heteroatoms. The van der Waals surface area contributed by atoms with Crippen molar-refractivity contribution in [1.82, 2.24) is 5.32 Å². The molecule has 0 aromatic heterocycles. The van der Waals surface area contributed by atoms with Crippen molar-refractivity contribution in [2.24, 2.45) is 0 Å². The number of allylic oxidation sites excluding steroid dienone is 1. The van der Waals surface area contributed by atoms with Gasteiger partial charge in [-0.25, -0.2) is 0 Å². The van der Waals surface area contributed by atoms with Gasteiger partial charge in [-0.3, -0.25) is 4.79 Å². The highest BCUT2D eigenvalue weighted by Gasteiger charge is 2.22. The molecule has 1 amide bonds. The van der Waals surface area contributed by atoms with E-state index in [0.29, 0.717) is 6.42 Å². The Kier molecular flexibility index (Phi) is 41.1. The van der Waals surface area contributed by atoms with E-state index in [1.165, 1.54) is 199 Å². The molecule has 0 aliphatic heterocycles. The molecule has 0 saturated heterocycles. The van der Waals surface area contributed by atoms with Gasteiger partial charge in [0, 0.05) is 0 Å². The van der Waals surface area contributed by atoms with Crippen LogP contribution in [0.4, 0.5) is 0 Å². The van der Waals surface area contributed by atoms with Gasteiger partial charge >= 0.3 is 0 Å². The summed E-state index contributed by atoms with van der Waals surface area (Å²) in [7, 11) is 0. The van der Waals surface area contributed by atoms with Gasteiger partial charge in [-0.1, -0.05) is 244 Å². The van der Waals surface area contributed by atoms with E-state index >= 15 is 0 Å². The van der Waals surface area contributed by atoms with Crippen molar-refractivity contribution in [3.8, 4) is 0 Å². The minimum atomic E-state index is -1.09. The lowest BCUT2D eigenvalue weighted by atomic mass is 10.0. The van der Waals surface area contributed by atoms with E-state index in [0.717, 1.165) is 32.1 Å². The third-order valence-electron chi connectivity index (χ3n) is 10.9. The zero-order chi connectivity index (χ0) is 37.3. The maximum atomic E-state index is 12.5. The molecule has 3 atom stereocenters. The number of unbranched alkanes of at least 4 members (excludes halogenated alkanes) is 34. The fourth-order valence-corrected chi connectivity index (χ4v) is 7.25. The zero-order valence-electron chi connectivity index (χ0n) is 34.5. The van der Waals surface area contributed by atoms with Crippen molar-refractivity contribution in [3.05, 3.63) is 12.2 Å². The number of aliphatic hydroxyl groups is 3. The maximum Gasteiger partial charge on any atom is 0.249 e. The first-order chi connectivity index (χ1) is 25.1. The summed E-state index contributed by atoms with van der Waals surface area (Å²) in [5, 5.41) is 33.2. The third-order valence-corrected chi connectivity index (χ3v) is 10.9. The standard InChI is InChI=1S/C46H91NO4/c1-3-5-7-9-11-13-15-17-19-20-21-22-23-24-25-27-28-30-32-34-36-38-40-44(49)43(42-48)47-46(51)45(50)41-39-37-35-33-31-29-26-18-16-14-12-10-8-6-4-2/h38,40,43-45,48-50H,3-37,39,41-42H2,1-2H3,(H,47,51)/b40-38+. The fraction of sp³-hybridized carbons (Fsp3) is 0.935. The van der Waals surface area contributed by atoms with Gasteiger partial charge in [0.05, 0.1) is 18.8 Å². The van der Waals surface area contributed by atoms with Gasteiger partial charge in [0.1, 0.15) is 6.10 Å². The van der Waals surface area contributed by atoms with Gasteiger partial charge < -0.3 is 20.6 Å². The highest BCUT2D eigenvalue weighted by Crippen LogP contribution is 2.16. The highest BCUT2D eigenvalue weighted by molar-refractivity contribution is 5.80. The van der Waals surface area contributed by atoms with Gasteiger partial charge in [-0.15, -0.1) is 0 Å². The maximum absolute atomic E-state index is 12.5. The average Bonchev–Trinajstić information content (AvgIpc) is 3.13. The Morgan fingerprint density at radius 1 is 0.471 bits per heavy atom. The van der Waals surface area contributed by atoms with Crippen LogP contribution in [0.2, 0.25) is 0 Å². The number of carbonyl (C=O) groups is 1. The van der Waals surface area contributed by atoms with Crippen LogP contribution in [0.15, 0.2) is 12.2 Å². The summed E-state index contributed by atoms with van der Waals surface area (Å²) in [4.78, 5) is 12.5. The molecule has 0 aliphatic carbocycles. The summed E-state index contributed by atoms with van der Waals surface area (Å²) in [6, 6.07) is -0.792. The van der Waals surface area contributed by atoms with Crippen molar-refractivity contribution in [3.63, 3.8) is 0 Å². The number of hydrogen-bond acceptors (Lipinski definition) is 4. The van der Waals surface area contributed by atoms with Crippen molar-refractivity contribution in [2.45, 2.75) is 270 Å². The molecule has 0 rings (SSSR count). The average molecular weight is 722 g/mol. The Morgan fingerprint density at radius 3 is 1.08 bits per heavy atom. The quantitative estimate of drug-likeness (QED) is 0.0373. The number of carbonyl (C=O) groups excluding carboxylic acids is 1. The second-order valence-electron chi connectivity index (χ2n) is 16.0. The lowest BCUT2D eigenvalue weighted by molar-refractivity contribution is -0.131. The molecule has 0 aliphatic rings. The Bertz CT molecular complexity index is 713. The largest absolute Gasteiger partial charge is 0.394 e. The van der Waals surface area contributed by atoms with E-state index in [1.54, 1.807) is 6.08 Å². The molecule has 0 bridgehead atoms. The van der Waals surface area contributed by atoms with Crippen LogP contribution in [0.3, 0.4) is 0 Å². The van der Waals surface area contributed by atoms with Crippen molar-refractivity contribution < 1.29 is 20.1 Å². The van der Waals surface area contributed by atoms with Gasteiger partial charge in [0.2, 0.25) is 5.91 Å². The van der Waals surface area contributed by atoms with Gasteiger partial charge in [0.25, 0.3) is 0 Å². The molecule has 0 radical (unpaired) electrons. The topological polar surface area (TPSA) is 89.8 Å². The molecule has 0 aromatic carbocycles. The summed E-state index contributed by atoms with van der Waals surface area (Å²) in [5.41, 5.74) is 0. The molecule has 0 heterocycles. The molecule has 0 saturated carbocycles. The smallest absolute Gasteiger partial charge is 0.249 e. The predicted octanol–water partition coefficient (Wildman–Crippen LogP) is 13.2. The minimum Gasteiger partial charge on any atom is -0.394 e. The first-order valence-electron chi connectivity index (χ1n) is 23.0. The molecular formula is C46H91NO4. The zero-order valence-corrected chi connectivity index (χ0v) is 34.5. The number of nitrogens with one attached hydrogen (secondary N) is 1. The van der Waals surface area contributed by atoms with Crippen molar-refractivity contribution >= 4 is 5.91 Å². The summed E-state index contributed by atoms with van der Waals surface area (Å²) in [6.07, 6.45) is 49.6. The molecule has 304 valence electrons. The highest BCUT2D eigenvalue weighted by atomic mass is 16.3. The SMILES string of the molecule is CCCCCCCCCCCCCCCCCCCCCC/C=C/C(O)C(CO)NC(=O)C(O)CCCCCCCCCCCCCCCCC. The summed E-state index contributed by atoms with van der Waals surface area (Å²) < 4.78 is 0. The van der Waals surface area contributed by atoms with Crippen LogP contribution < -0.4 is 5.32 Å². The van der Waals surface area contributed by atoms with Gasteiger partial charge in [0.15, 0.2) is 0 Å².